The highest BCUT2D eigenvalue weighted by atomic mass is 19.1. The molecule has 0 saturated heterocycles. The van der Waals surface area contributed by atoms with Crippen molar-refractivity contribution in [2.45, 2.75) is 13.1 Å². The minimum absolute atomic E-state index is 0.258. The van der Waals surface area contributed by atoms with Crippen LogP contribution in [0.5, 0.6) is 0 Å². The molecule has 1 aromatic carbocycles. The summed E-state index contributed by atoms with van der Waals surface area (Å²) in [5.74, 6) is 0.973. The number of halogens is 1. The molecule has 0 radical (unpaired) electrons. The number of hydrogen-bond donors (Lipinski definition) is 0. The van der Waals surface area contributed by atoms with Crippen molar-refractivity contribution in [3.63, 3.8) is 0 Å². The molecule has 4 aromatic rings. The molecule has 6 nitrogen and oxygen atoms in total. The molecule has 0 fully saturated rings. The summed E-state index contributed by atoms with van der Waals surface area (Å²) >= 11 is 0. The Hall–Kier alpha value is -3.32. The van der Waals surface area contributed by atoms with E-state index in [2.05, 4.69) is 20.0 Å². The van der Waals surface area contributed by atoms with Crippen LogP contribution < -0.4 is 0 Å². The summed E-state index contributed by atoms with van der Waals surface area (Å²) in [6.07, 6.45) is 8.98. The summed E-state index contributed by atoms with van der Waals surface area (Å²) in [6.45, 7) is 1.43. The van der Waals surface area contributed by atoms with Crippen LogP contribution in [-0.2, 0) is 13.1 Å². The Morgan fingerprint density at radius 2 is 1.74 bits per heavy atom. The normalized spacial score (nSPS) is 11.2. The van der Waals surface area contributed by atoms with E-state index in [0.717, 1.165) is 23.4 Å². The monoisotopic (exact) mass is 363 g/mol. The maximum atomic E-state index is 13.0. The zero-order chi connectivity index (χ0) is 18.6. The smallest absolute Gasteiger partial charge is 0.195 e. The number of nitrogens with zero attached hydrogens (tertiary/aromatic N) is 5. The molecule has 0 aliphatic carbocycles. The van der Waals surface area contributed by atoms with Gasteiger partial charge in [-0.05, 0) is 43.4 Å². The van der Waals surface area contributed by atoms with Crippen LogP contribution in [0.1, 0.15) is 11.1 Å². The Kier molecular flexibility index (Phi) is 4.76. The predicted octanol–water partition coefficient (Wildman–Crippen LogP) is 3.69. The minimum Gasteiger partial charge on any atom is -0.461 e. The van der Waals surface area contributed by atoms with Crippen molar-refractivity contribution >= 4 is 0 Å². The van der Waals surface area contributed by atoms with Gasteiger partial charge < -0.3 is 4.42 Å². The lowest BCUT2D eigenvalue weighted by Gasteiger charge is -2.15. The second kappa shape index (κ2) is 7.51. The maximum absolute atomic E-state index is 13.0. The maximum Gasteiger partial charge on any atom is 0.195 e. The van der Waals surface area contributed by atoms with Crippen molar-refractivity contribution in [1.82, 2.24) is 24.6 Å². The number of benzene rings is 1. The highest BCUT2D eigenvalue weighted by molar-refractivity contribution is 5.45. The number of rotatable bonds is 6. The average Bonchev–Trinajstić information content (AvgIpc) is 3.35. The Labute approximate surface area is 155 Å². The highest BCUT2D eigenvalue weighted by Gasteiger charge is 2.08. The van der Waals surface area contributed by atoms with Crippen LogP contribution in [-0.4, -0.2) is 31.7 Å². The van der Waals surface area contributed by atoms with Crippen molar-refractivity contribution in [3.8, 4) is 17.3 Å². The van der Waals surface area contributed by atoms with Crippen molar-refractivity contribution in [3.05, 3.63) is 84.4 Å². The second-order valence-corrected chi connectivity index (χ2v) is 6.33. The van der Waals surface area contributed by atoms with Gasteiger partial charge in [-0.2, -0.15) is 5.10 Å². The molecule has 0 aliphatic rings. The van der Waals surface area contributed by atoms with Gasteiger partial charge in [0, 0.05) is 42.8 Å². The first kappa shape index (κ1) is 17.1. The molecule has 0 unspecified atom stereocenters. The van der Waals surface area contributed by atoms with E-state index >= 15 is 0 Å². The van der Waals surface area contributed by atoms with E-state index < -0.39 is 0 Å². The summed E-state index contributed by atoms with van der Waals surface area (Å²) in [4.78, 5) is 10.9. The second-order valence-electron chi connectivity index (χ2n) is 6.33. The third-order valence-electron chi connectivity index (χ3n) is 4.08. The Bertz CT molecular complexity index is 994. The zero-order valence-electron chi connectivity index (χ0n) is 14.8. The van der Waals surface area contributed by atoms with E-state index in [1.165, 1.54) is 12.1 Å². The standard InChI is InChI=1S/C20H18FN5O/c1-25(12-15-9-22-20(23-10-15)19-3-2-8-27-19)13-16-11-24-26(14-16)18-6-4-17(21)5-7-18/h2-11,14H,12-13H2,1H3. The molecule has 27 heavy (non-hydrogen) atoms. The van der Waals surface area contributed by atoms with Gasteiger partial charge in [-0.3, -0.25) is 4.90 Å². The summed E-state index contributed by atoms with van der Waals surface area (Å²) < 4.78 is 20.1. The van der Waals surface area contributed by atoms with Gasteiger partial charge in [0.1, 0.15) is 5.82 Å². The minimum atomic E-state index is -0.258. The molecule has 0 N–H and O–H groups in total. The van der Waals surface area contributed by atoms with Crippen LogP contribution in [0.3, 0.4) is 0 Å². The third-order valence-corrected chi connectivity index (χ3v) is 4.08. The molecular formula is C20H18FN5O. The lowest BCUT2D eigenvalue weighted by Crippen LogP contribution is -2.17. The molecule has 3 aromatic heterocycles. The summed E-state index contributed by atoms with van der Waals surface area (Å²) in [5.41, 5.74) is 2.90. The van der Waals surface area contributed by atoms with Crippen LogP contribution in [0.15, 0.2) is 71.9 Å². The van der Waals surface area contributed by atoms with E-state index in [9.17, 15) is 4.39 Å². The van der Waals surface area contributed by atoms with Gasteiger partial charge in [-0.25, -0.2) is 19.0 Å². The summed E-state index contributed by atoms with van der Waals surface area (Å²) in [7, 11) is 2.02. The van der Waals surface area contributed by atoms with E-state index in [0.29, 0.717) is 18.1 Å². The van der Waals surface area contributed by atoms with Gasteiger partial charge in [-0.1, -0.05) is 0 Å². The molecular weight excluding hydrogens is 345 g/mol. The van der Waals surface area contributed by atoms with E-state index in [4.69, 9.17) is 4.42 Å². The molecule has 0 saturated carbocycles. The third kappa shape index (κ3) is 4.09. The largest absolute Gasteiger partial charge is 0.461 e. The van der Waals surface area contributed by atoms with Crippen molar-refractivity contribution in [2.75, 3.05) is 7.05 Å². The van der Waals surface area contributed by atoms with E-state index in [1.807, 2.05) is 44.0 Å². The molecule has 3 heterocycles. The molecule has 0 bridgehead atoms. The van der Waals surface area contributed by atoms with E-state index in [-0.39, 0.29) is 5.82 Å². The average molecular weight is 363 g/mol. The SMILES string of the molecule is CN(Cc1cnc(-c2ccco2)nc1)Cc1cnn(-c2ccc(F)cc2)c1. The molecule has 4 rings (SSSR count). The molecule has 0 spiro atoms. The van der Waals surface area contributed by atoms with Gasteiger partial charge in [0.25, 0.3) is 0 Å². The molecule has 7 heteroatoms. The van der Waals surface area contributed by atoms with Crippen LogP contribution >= 0.6 is 0 Å². The number of hydrogen-bond acceptors (Lipinski definition) is 5. The van der Waals surface area contributed by atoms with Gasteiger partial charge in [0.2, 0.25) is 0 Å². The lowest BCUT2D eigenvalue weighted by molar-refractivity contribution is 0.318. The van der Waals surface area contributed by atoms with Crippen molar-refractivity contribution < 1.29 is 8.81 Å². The first-order valence-electron chi connectivity index (χ1n) is 8.50. The fourth-order valence-corrected chi connectivity index (χ4v) is 2.83. The summed E-state index contributed by atoms with van der Waals surface area (Å²) in [5, 5.41) is 4.35. The molecule has 0 aliphatic heterocycles. The highest BCUT2D eigenvalue weighted by Crippen LogP contribution is 2.15. The van der Waals surface area contributed by atoms with Crippen LogP contribution in [0.25, 0.3) is 17.3 Å². The van der Waals surface area contributed by atoms with E-state index in [1.54, 1.807) is 23.1 Å². The Morgan fingerprint density at radius 1 is 1.00 bits per heavy atom. The fourth-order valence-electron chi connectivity index (χ4n) is 2.83. The van der Waals surface area contributed by atoms with Crippen molar-refractivity contribution in [2.24, 2.45) is 0 Å². The quantitative estimate of drug-likeness (QED) is 0.523. The lowest BCUT2D eigenvalue weighted by atomic mass is 10.2. The molecule has 0 atom stereocenters. The van der Waals surface area contributed by atoms with Crippen LogP contribution in [0.4, 0.5) is 4.39 Å². The van der Waals surface area contributed by atoms with Crippen LogP contribution in [0.2, 0.25) is 0 Å². The molecule has 136 valence electrons. The first-order valence-corrected chi connectivity index (χ1v) is 8.50. The van der Waals surface area contributed by atoms with Crippen molar-refractivity contribution in [1.29, 1.82) is 0 Å². The van der Waals surface area contributed by atoms with Gasteiger partial charge >= 0.3 is 0 Å². The van der Waals surface area contributed by atoms with Gasteiger partial charge in [-0.15, -0.1) is 0 Å². The number of aromatic nitrogens is 4. The number of furan rings is 1. The topological polar surface area (TPSA) is 60.0 Å². The Balaban J connectivity index is 1.38. The van der Waals surface area contributed by atoms with Gasteiger partial charge in [0.05, 0.1) is 18.1 Å². The first-order chi connectivity index (χ1) is 13.2. The zero-order valence-corrected chi connectivity index (χ0v) is 14.8. The Morgan fingerprint density at radius 3 is 2.44 bits per heavy atom. The fraction of sp³-hybridized carbons (Fsp3) is 0.150. The molecule has 0 amide bonds. The predicted molar refractivity (Wildman–Crippen MR) is 98.4 cm³/mol. The summed E-state index contributed by atoms with van der Waals surface area (Å²) in [6, 6.07) is 9.90. The van der Waals surface area contributed by atoms with Crippen LogP contribution in [0, 0.1) is 5.82 Å². The van der Waals surface area contributed by atoms with Gasteiger partial charge in [0.15, 0.2) is 11.6 Å².